The highest BCUT2D eigenvalue weighted by Gasteiger charge is 2.03. The number of benzene rings is 1. The van der Waals surface area contributed by atoms with Crippen LogP contribution in [0.2, 0.25) is 0 Å². The summed E-state index contributed by atoms with van der Waals surface area (Å²) < 4.78 is 16.1. The second kappa shape index (κ2) is 11.2. The number of rotatable bonds is 10. The molecule has 0 amide bonds. The summed E-state index contributed by atoms with van der Waals surface area (Å²) >= 11 is 0. The molecule has 0 saturated heterocycles. The van der Waals surface area contributed by atoms with Crippen molar-refractivity contribution in [3.8, 4) is 5.75 Å². The van der Waals surface area contributed by atoms with E-state index in [0.29, 0.717) is 13.2 Å². The number of anilines is 1. The van der Waals surface area contributed by atoms with Gasteiger partial charge in [0.2, 0.25) is 0 Å². The summed E-state index contributed by atoms with van der Waals surface area (Å²) in [4.78, 5) is 4.60. The first kappa shape index (κ1) is 19.8. The van der Waals surface area contributed by atoms with E-state index in [1.807, 2.05) is 50.2 Å². The summed E-state index contributed by atoms with van der Waals surface area (Å²) in [6.45, 7) is 6.15. The molecule has 0 saturated carbocycles. The van der Waals surface area contributed by atoms with Gasteiger partial charge in [-0.1, -0.05) is 0 Å². The van der Waals surface area contributed by atoms with E-state index in [9.17, 15) is 0 Å². The summed E-state index contributed by atoms with van der Waals surface area (Å²) in [5.41, 5.74) is 0.956. The van der Waals surface area contributed by atoms with Crippen molar-refractivity contribution in [3.63, 3.8) is 0 Å². The Balaban J connectivity index is 1.91. The molecule has 0 fully saturated rings. The van der Waals surface area contributed by atoms with Crippen molar-refractivity contribution in [1.29, 1.82) is 0 Å². The van der Waals surface area contributed by atoms with Crippen molar-refractivity contribution in [3.05, 3.63) is 48.4 Å². The molecule has 2 rings (SSSR count). The zero-order chi connectivity index (χ0) is 18.6. The molecule has 6 nitrogen and oxygen atoms in total. The second-order valence-electron chi connectivity index (χ2n) is 6.15. The summed E-state index contributed by atoms with van der Waals surface area (Å²) in [6, 6.07) is 11.7. The Morgan fingerprint density at radius 2 is 2.00 bits per heavy atom. The number of aliphatic imine (C=N–C) groups is 1. The Hall–Kier alpha value is -2.47. The molecule has 6 heteroatoms. The van der Waals surface area contributed by atoms with Crippen LogP contribution in [0, 0.1) is 0 Å². The zero-order valence-electron chi connectivity index (χ0n) is 15.8. The molecular formula is C20H29N3O3. The monoisotopic (exact) mass is 359 g/mol. The Labute approximate surface area is 155 Å². The molecule has 0 aliphatic rings. The molecule has 0 unspecified atom stereocenters. The topological polar surface area (TPSA) is 68.0 Å². The standard InChI is InChI=1S/C20H29N3O3/c1-16(2)26-19-9-7-17(8-10-19)23-20(21-12-5-14-24-3)22-13-11-18-6-4-15-25-18/h4,6-10,15-16H,5,11-14H2,1-3H3,(H2,21,22,23). The molecule has 0 aliphatic carbocycles. The number of guanidine groups is 1. The summed E-state index contributed by atoms with van der Waals surface area (Å²) in [5, 5.41) is 6.67. The highest BCUT2D eigenvalue weighted by Crippen LogP contribution is 2.16. The summed E-state index contributed by atoms with van der Waals surface area (Å²) in [6.07, 6.45) is 3.53. The summed E-state index contributed by atoms with van der Waals surface area (Å²) in [7, 11) is 1.70. The van der Waals surface area contributed by atoms with Crippen molar-refractivity contribution in [1.82, 2.24) is 5.32 Å². The van der Waals surface area contributed by atoms with Gasteiger partial charge in [0, 0.05) is 38.9 Å². The SMILES string of the molecule is COCCCN=C(NCCc1ccco1)Nc1ccc(OC(C)C)cc1. The van der Waals surface area contributed by atoms with Crippen LogP contribution in [0.5, 0.6) is 5.75 Å². The maximum Gasteiger partial charge on any atom is 0.195 e. The molecule has 2 N–H and O–H groups in total. The molecule has 1 aromatic heterocycles. The molecule has 0 atom stereocenters. The minimum atomic E-state index is 0.162. The number of furan rings is 1. The molecule has 0 spiro atoms. The van der Waals surface area contributed by atoms with E-state index in [4.69, 9.17) is 13.9 Å². The van der Waals surface area contributed by atoms with Crippen molar-refractivity contribution in [2.24, 2.45) is 4.99 Å². The second-order valence-corrected chi connectivity index (χ2v) is 6.15. The molecule has 0 bridgehead atoms. The fraction of sp³-hybridized carbons (Fsp3) is 0.450. The lowest BCUT2D eigenvalue weighted by Crippen LogP contribution is -2.32. The van der Waals surface area contributed by atoms with Crippen molar-refractivity contribution in [2.75, 3.05) is 32.1 Å². The van der Waals surface area contributed by atoms with Crippen molar-refractivity contribution >= 4 is 11.6 Å². The van der Waals surface area contributed by atoms with Gasteiger partial charge in [0.05, 0.1) is 12.4 Å². The van der Waals surface area contributed by atoms with Gasteiger partial charge >= 0.3 is 0 Å². The predicted octanol–water partition coefficient (Wildman–Crippen LogP) is 3.70. The Kier molecular flexibility index (Phi) is 8.55. The van der Waals surface area contributed by atoms with E-state index >= 15 is 0 Å². The first-order chi connectivity index (χ1) is 12.7. The van der Waals surface area contributed by atoms with Gasteiger partial charge in [0.15, 0.2) is 5.96 Å². The maximum atomic E-state index is 5.67. The van der Waals surface area contributed by atoms with Gasteiger partial charge in [0.1, 0.15) is 11.5 Å². The van der Waals surface area contributed by atoms with Crippen LogP contribution >= 0.6 is 0 Å². The first-order valence-corrected chi connectivity index (χ1v) is 9.00. The fourth-order valence-corrected chi connectivity index (χ4v) is 2.32. The van der Waals surface area contributed by atoms with Crippen LogP contribution in [0.25, 0.3) is 0 Å². The van der Waals surface area contributed by atoms with Crippen LogP contribution in [-0.4, -0.2) is 38.9 Å². The maximum absolute atomic E-state index is 5.67. The van der Waals surface area contributed by atoms with Crippen LogP contribution in [0.1, 0.15) is 26.0 Å². The van der Waals surface area contributed by atoms with Gasteiger partial charge in [-0.05, 0) is 56.7 Å². The molecule has 0 radical (unpaired) electrons. The largest absolute Gasteiger partial charge is 0.491 e. The van der Waals surface area contributed by atoms with E-state index in [0.717, 1.165) is 42.5 Å². The van der Waals surface area contributed by atoms with Gasteiger partial charge in [-0.15, -0.1) is 0 Å². The van der Waals surface area contributed by atoms with Crippen molar-refractivity contribution in [2.45, 2.75) is 32.8 Å². The number of hydrogen-bond acceptors (Lipinski definition) is 4. The normalized spacial score (nSPS) is 11.6. The lowest BCUT2D eigenvalue weighted by atomic mass is 10.3. The van der Waals surface area contributed by atoms with E-state index < -0.39 is 0 Å². The molecule has 2 aromatic rings. The lowest BCUT2D eigenvalue weighted by Gasteiger charge is -2.14. The quantitative estimate of drug-likeness (QED) is 0.385. The summed E-state index contributed by atoms with van der Waals surface area (Å²) in [5.74, 6) is 2.55. The predicted molar refractivity (Wildman–Crippen MR) is 105 cm³/mol. The van der Waals surface area contributed by atoms with Gasteiger partial charge in [-0.25, -0.2) is 0 Å². The fourth-order valence-electron chi connectivity index (χ4n) is 2.32. The van der Waals surface area contributed by atoms with E-state index in [1.54, 1.807) is 13.4 Å². The number of hydrogen-bond donors (Lipinski definition) is 2. The number of methoxy groups -OCH3 is 1. The van der Waals surface area contributed by atoms with Crippen LogP contribution in [0.15, 0.2) is 52.1 Å². The average Bonchev–Trinajstić information content (AvgIpc) is 3.13. The zero-order valence-corrected chi connectivity index (χ0v) is 15.8. The highest BCUT2D eigenvalue weighted by molar-refractivity contribution is 5.93. The third kappa shape index (κ3) is 7.61. The Morgan fingerprint density at radius 3 is 2.65 bits per heavy atom. The average molecular weight is 359 g/mol. The van der Waals surface area contributed by atoms with Crippen LogP contribution in [0.3, 0.4) is 0 Å². The molecule has 142 valence electrons. The van der Waals surface area contributed by atoms with E-state index in [1.165, 1.54) is 0 Å². The van der Waals surface area contributed by atoms with Gasteiger partial charge in [-0.2, -0.15) is 0 Å². The Morgan fingerprint density at radius 1 is 1.19 bits per heavy atom. The minimum absolute atomic E-state index is 0.162. The minimum Gasteiger partial charge on any atom is -0.491 e. The number of nitrogens with one attached hydrogen (secondary N) is 2. The van der Waals surface area contributed by atoms with E-state index in [2.05, 4.69) is 15.6 Å². The highest BCUT2D eigenvalue weighted by atomic mass is 16.5. The molecule has 1 aromatic carbocycles. The van der Waals surface area contributed by atoms with Crippen LogP contribution in [0.4, 0.5) is 5.69 Å². The third-order valence-electron chi connectivity index (χ3n) is 3.51. The van der Waals surface area contributed by atoms with E-state index in [-0.39, 0.29) is 6.10 Å². The molecule has 1 heterocycles. The first-order valence-electron chi connectivity index (χ1n) is 9.00. The molecule has 26 heavy (non-hydrogen) atoms. The lowest BCUT2D eigenvalue weighted by molar-refractivity contribution is 0.197. The van der Waals surface area contributed by atoms with Crippen molar-refractivity contribution < 1.29 is 13.9 Å². The van der Waals surface area contributed by atoms with Gasteiger partial charge < -0.3 is 24.5 Å². The number of nitrogens with zero attached hydrogens (tertiary/aromatic N) is 1. The van der Waals surface area contributed by atoms with Crippen LogP contribution < -0.4 is 15.4 Å². The van der Waals surface area contributed by atoms with Crippen LogP contribution in [-0.2, 0) is 11.2 Å². The van der Waals surface area contributed by atoms with Gasteiger partial charge in [-0.3, -0.25) is 4.99 Å². The van der Waals surface area contributed by atoms with Gasteiger partial charge in [0.25, 0.3) is 0 Å². The third-order valence-corrected chi connectivity index (χ3v) is 3.51. The number of ether oxygens (including phenoxy) is 2. The Bertz CT molecular complexity index is 637. The smallest absolute Gasteiger partial charge is 0.195 e. The molecule has 0 aliphatic heterocycles. The molecular weight excluding hydrogens is 330 g/mol.